The van der Waals surface area contributed by atoms with E-state index >= 15 is 0 Å². The van der Waals surface area contributed by atoms with E-state index < -0.39 is 11.5 Å². The summed E-state index contributed by atoms with van der Waals surface area (Å²) in [4.78, 5) is 25.7. The number of carboxylic acids is 1. The predicted molar refractivity (Wildman–Crippen MR) is 78.0 cm³/mol. The Bertz CT molecular complexity index is 391. The quantitative estimate of drug-likeness (QED) is 0.694. The van der Waals surface area contributed by atoms with Gasteiger partial charge < -0.3 is 20.4 Å². The lowest BCUT2D eigenvalue weighted by atomic mass is 9.93. The van der Waals surface area contributed by atoms with E-state index in [4.69, 9.17) is 0 Å². The highest BCUT2D eigenvalue weighted by atomic mass is 16.4. The minimum atomic E-state index is -1.19. The van der Waals surface area contributed by atoms with Crippen LogP contribution >= 0.6 is 0 Å². The number of carbonyl (C=O) groups is 2. The van der Waals surface area contributed by atoms with Crippen LogP contribution in [0.1, 0.15) is 51.9 Å². The number of urea groups is 1. The van der Waals surface area contributed by atoms with Gasteiger partial charge in [-0.1, -0.05) is 19.3 Å². The van der Waals surface area contributed by atoms with Crippen molar-refractivity contribution in [3.63, 3.8) is 0 Å². The van der Waals surface area contributed by atoms with E-state index in [-0.39, 0.29) is 31.1 Å². The molecule has 1 atom stereocenters. The van der Waals surface area contributed by atoms with Gasteiger partial charge >= 0.3 is 12.0 Å². The summed E-state index contributed by atoms with van der Waals surface area (Å²) >= 11 is 0. The average Bonchev–Trinajstić information content (AvgIpc) is 3.30. The molecule has 0 aromatic carbocycles. The molecule has 0 bridgehead atoms. The van der Waals surface area contributed by atoms with E-state index in [1.165, 1.54) is 6.42 Å². The average molecular weight is 298 g/mol. The summed E-state index contributed by atoms with van der Waals surface area (Å²) in [7, 11) is 0. The molecule has 0 spiro atoms. The maximum absolute atomic E-state index is 12.5. The number of hydrogen-bond donors (Lipinski definition) is 3. The Morgan fingerprint density at radius 1 is 1.19 bits per heavy atom. The minimum absolute atomic E-state index is 0.0151. The lowest BCUT2D eigenvalue weighted by Crippen LogP contribution is -2.59. The molecule has 21 heavy (non-hydrogen) atoms. The van der Waals surface area contributed by atoms with Crippen molar-refractivity contribution in [2.24, 2.45) is 5.92 Å². The second-order valence-corrected chi connectivity index (χ2v) is 6.42. The number of carboxylic acid groups (broad SMARTS) is 1. The van der Waals surface area contributed by atoms with Gasteiger partial charge in [-0.15, -0.1) is 0 Å². The lowest BCUT2D eigenvalue weighted by Gasteiger charge is -2.37. The van der Waals surface area contributed by atoms with Crippen LogP contribution in [0.5, 0.6) is 0 Å². The second-order valence-electron chi connectivity index (χ2n) is 6.42. The van der Waals surface area contributed by atoms with Gasteiger partial charge in [-0.3, -0.25) is 0 Å². The van der Waals surface area contributed by atoms with Gasteiger partial charge in [0.2, 0.25) is 0 Å². The Kier molecular flexibility index (Phi) is 5.08. The molecule has 0 radical (unpaired) electrons. The Hall–Kier alpha value is -1.30. The zero-order valence-electron chi connectivity index (χ0n) is 12.7. The van der Waals surface area contributed by atoms with E-state index in [1.807, 2.05) is 0 Å². The van der Waals surface area contributed by atoms with Crippen molar-refractivity contribution < 1.29 is 19.8 Å². The number of nitrogens with one attached hydrogen (secondary N) is 1. The third-order valence-corrected chi connectivity index (χ3v) is 4.82. The van der Waals surface area contributed by atoms with Crippen LogP contribution in [0.3, 0.4) is 0 Å². The molecule has 2 fully saturated rings. The molecule has 0 aromatic rings. The summed E-state index contributed by atoms with van der Waals surface area (Å²) in [5.74, 6) is -0.966. The second kappa shape index (κ2) is 6.64. The highest BCUT2D eigenvalue weighted by Gasteiger charge is 2.49. The fourth-order valence-corrected chi connectivity index (χ4v) is 3.24. The highest BCUT2D eigenvalue weighted by molar-refractivity contribution is 5.86. The van der Waals surface area contributed by atoms with Crippen molar-refractivity contribution in [2.45, 2.75) is 63.5 Å². The summed E-state index contributed by atoms with van der Waals surface area (Å²) in [6.07, 6.45) is 6.89. The first-order valence-corrected chi connectivity index (χ1v) is 7.92. The summed E-state index contributed by atoms with van der Waals surface area (Å²) < 4.78 is 0. The third kappa shape index (κ3) is 3.67. The van der Waals surface area contributed by atoms with E-state index in [2.05, 4.69) is 5.32 Å². The maximum Gasteiger partial charge on any atom is 0.329 e. The van der Waals surface area contributed by atoms with Crippen LogP contribution < -0.4 is 5.32 Å². The molecule has 2 saturated carbocycles. The molecule has 2 aliphatic rings. The van der Waals surface area contributed by atoms with Crippen LogP contribution in [0.4, 0.5) is 4.79 Å². The summed E-state index contributed by atoms with van der Waals surface area (Å²) in [6, 6.07) is -0.240. The zero-order chi connectivity index (χ0) is 15.5. The molecular formula is C15H26N2O4. The molecule has 2 aliphatic carbocycles. The topological polar surface area (TPSA) is 89.9 Å². The summed E-state index contributed by atoms with van der Waals surface area (Å²) in [5.41, 5.74) is -1.19. The van der Waals surface area contributed by atoms with Crippen LogP contribution in [-0.4, -0.2) is 51.8 Å². The molecule has 6 heteroatoms. The fourth-order valence-electron chi connectivity index (χ4n) is 3.24. The molecule has 3 N–H and O–H groups in total. The zero-order valence-corrected chi connectivity index (χ0v) is 12.7. The van der Waals surface area contributed by atoms with Gasteiger partial charge in [-0.2, -0.15) is 0 Å². The Labute approximate surface area is 125 Å². The Morgan fingerprint density at radius 2 is 1.81 bits per heavy atom. The van der Waals surface area contributed by atoms with Gasteiger partial charge in [0.05, 0.1) is 6.61 Å². The van der Waals surface area contributed by atoms with Crippen molar-refractivity contribution in [3.05, 3.63) is 0 Å². The standard InChI is InChI=1S/C15H26N2O4/c1-15(13(19)20,11-7-8-11)16-14(21)17(9-10-18)12-5-3-2-4-6-12/h11-12,18H,2-10H2,1H3,(H,16,21)(H,19,20). The van der Waals surface area contributed by atoms with Gasteiger partial charge in [0.1, 0.15) is 5.54 Å². The largest absolute Gasteiger partial charge is 0.480 e. The monoisotopic (exact) mass is 298 g/mol. The van der Waals surface area contributed by atoms with Crippen LogP contribution in [0, 0.1) is 5.92 Å². The van der Waals surface area contributed by atoms with Gasteiger partial charge in [-0.05, 0) is 38.5 Å². The number of nitrogens with zero attached hydrogens (tertiary/aromatic N) is 1. The number of aliphatic carboxylic acids is 1. The molecule has 120 valence electrons. The predicted octanol–water partition coefficient (Wildman–Crippen LogP) is 1.58. The number of amides is 2. The number of aliphatic hydroxyl groups is 1. The van der Waals surface area contributed by atoms with Gasteiger partial charge in [0.15, 0.2) is 0 Å². The molecule has 2 rings (SSSR count). The molecule has 6 nitrogen and oxygen atoms in total. The van der Waals surface area contributed by atoms with Gasteiger partial charge in [-0.25, -0.2) is 9.59 Å². The summed E-state index contributed by atoms with van der Waals surface area (Å²) in [6.45, 7) is 1.75. The normalized spacial score (nSPS) is 22.4. The maximum atomic E-state index is 12.5. The number of carbonyl (C=O) groups excluding carboxylic acids is 1. The van der Waals surface area contributed by atoms with E-state index in [0.717, 1.165) is 38.5 Å². The van der Waals surface area contributed by atoms with Gasteiger partial charge in [0.25, 0.3) is 0 Å². The third-order valence-electron chi connectivity index (χ3n) is 4.82. The molecule has 0 heterocycles. The molecular weight excluding hydrogens is 272 g/mol. The van der Waals surface area contributed by atoms with Crippen molar-refractivity contribution >= 4 is 12.0 Å². The van der Waals surface area contributed by atoms with Crippen molar-refractivity contribution in [2.75, 3.05) is 13.2 Å². The highest BCUT2D eigenvalue weighted by Crippen LogP contribution is 2.40. The smallest absolute Gasteiger partial charge is 0.329 e. The minimum Gasteiger partial charge on any atom is -0.480 e. The number of hydrogen-bond acceptors (Lipinski definition) is 3. The summed E-state index contributed by atoms with van der Waals surface area (Å²) in [5, 5.41) is 21.4. The first-order valence-electron chi connectivity index (χ1n) is 7.92. The lowest BCUT2D eigenvalue weighted by molar-refractivity contribution is -0.144. The van der Waals surface area contributed by atoms with E-state index in [0.29, 0.717) is 0 Å². The molecule has 0 aliphatic heterocycles. The van der Waals surface area contributed by atoms with Crippen molar-refractivity contribution in [1.82, 2.24) is 10.2 Å². The Balaban J connectivity index is 2.04. The number of rotatable bonds is 6. The van der Waals surface area contributed by atoms with Crippen LogP contribution in [0.2, 0.25) is 0 Å². The van der Waals surface area contributed by atoms with E-state index in [1.54, 1.807) is 11.8 Å². The molecule has 2 amide bonds. The molecule has 0 saturated heterocycles. The molecule has 1 unspecified atom stereocenters. The fraction of sp³-hybridized carbons (Fsp3) is 0.867. The van der Waals surface area contributed by atoms with Crippen molar-refractivity contribution in [1.29, 1.82) is 0 Å². The van der Waals surface area contributed by atoms with Crippen molar-refractivity contribution in [3.8, 4) is 0 Å². The molecule has 0 aromatic heterocycles. The van der Waals surface area contributed by atoms with Crippen LogP contribution in [0.15, 0.2) is 0 Å². The van der Waals surface area contributed by atoms with Crippen LogP contribution in [-0.2, 0) is 4.79 Å². The number of aliphatic hydroxyl groups excluding tert-OH is 1. The Morgan fingerprint density at radius 3 is 2.29 bits per heavy atom. The van der Waals surface area contributed by atoms with Gasteiger partial charge in [0, 0.05) is 12.6 Å². The van der Waals surface area contributed by atoms with Crippen LogP contribution in [0.25, 0.3) is 0 Å². The first kappa shape index (κ1) is 16.1. The first-order chi connectivity index (χ1) is 9.99. The van der Waals surface area contributed by atoms with E-state index in [9.17, 15) is 19.8 Å². The SMILES string of the molecule is CC(NC(=O)N(CCO)C1CCCCC1)(C(=O)O)C1CC1.